The van der Waals surface area contributed by atoms with Gasteiger partial charge in [0.05, 0.1) is 5.56 Å². The summed E-state index contributed by atoms with van der Waals surface area (Å²) in [5.74, 6) is -0.324. The minimum Gasteiger partial charge on any atom is -0.478 e. The topological polar surface area (TPSA) is 77.9 Å². The molecule has 2 saturated heterocycles. The predicted octanol–water partition coefficient (Wildman–Crippen LogP) is 2.54. The Hall–Kier alpha value is -1.44. The first-order valence-electron chi connectivity index (χ1n) is 8.96. The fraction of sp³-hybridized carbons (Fsp3) is 0.611. The lowest BCUT2D eigenvalue weighted by Crippen LogP contribution is -2.49. The molecule has 25 heavy (non-hydrogen) atoms. The summed E-state index contributed by atoms with van der Waals surface area (Å²) in [7, 11) is -3.43. The summed E-state index contributed by atoms with van der Waals surface area (Å²) in [6.45, 7) is 4.33. The van der Waals surface area contributed by atoms with Gasteiger partial charge >= 0.3 is 5.97 Å². The molecule has 0 bridgehead atoms. The van der Waals surface area contributed by atoms with Crippen LogP contribution in [-0.2, 0) is 10.2 Å². The molecule has 0 radical (unpaired) electrons. The van der Waals surface area contributed by atoms with Gasteiger partial charge in [-0.15, -0.1) is 0 Å². The molecule has 2 fully saturated rings. The number of hydrogen-bond donors (Lipinski definition) is 1. The molecule has 2 aliphatic rings. The zero-order valence-corrected chi connectivity index (χ0v) is 15.4. The predicted molar refractivity (Wildman–Crippen MR) is 95.8 cm³/mol. The average molecular weight is 366 g/mol. The van der Waals surface area contributed by atoms with E-state index in [1.165, 1.54) is 0 Å². The standard InChI is InChI=1S/C18H26N2O4S/c1-14-7-10-19(11-8-14)25(23,24)20-9-3-6-17(13-20)15-4-2-5-16(12-15)18(21)22/h2,4-5,12,14,17H,3,6-11,13H2,1H3,(H,21,22)/t17-/m0/s1. The Balaban J connectivity index is 1.74. The SMILES string of the molecule is CC1CCN(S(=O)(=O)N2CCC[C@H](c3cccc(C(=O)O)c3)C2)CC1. The lowest BCUT2D eigenvalue weighted by Gasteiger charge is -2.38. The Bertz CT molecular complexity index is 726. The lowest BCUT2D eigenvalue weighted by atomic mass is 9.91. The van der Waals surface area contributed by atoms with E-state index in [2.05, 4.69) is 6.92 Å². The first-order chi connectivity index (χ1) is 11.9. The summed E-state index contributed by atoms with van der Waals surface area (Å²) in [5, 5.41) is 9.17. The van der Waals surface area contributed by atoms with E-state index in [9.17, 15) is 13.2 Å². The minimum absolute atomic E-state index is 0.0477. The van der Waals surface area contributed by atoms with Gasteiger partial charge < -0.3 is 5.11 Å². The van der Waals surface area contributed by atoms with Gasteiger partial charge in [-0.05, 0) is 55.2 Å². The number of carboxylic acids is 1. The van der Waals surface area contributed by atoms with Crippen LogP contribution in [0, 0.1) is 5.92 Å². The van der Waals surface area contributed by atoms with Crippen molar-refractivity contribution in [1.29, 1.82) is 0 Å². The van der Waals surface area contributed by atoms with Gasteiger partial charge in [0.15, 0.2) is 0 Å². The summed E-state index contributed by atoms with van der Waals surface area (Å²) in [6.07, 6.45) is 3.51. The van der Waals surface area contributed by atoms with Crippen molar-refractivity contribution in [2.24, 2.45) is 5.92 Å². The monoisotopic (exact) mass is 366 g/mol. The van der Waals surface area contributed by atoms with Crippen LogP contribution in [0.1, 0.15) is 54.4 Å². The molecule has 0 unspecified atom stereocenters. The second-order valence-corrected chi connectivity index (χ2v) is 9.15. The van der Waals surface area contributed by atoms with Crippen molar-refractivity contribution >= 4 is 16.2 Å². The lowest BCUT2D eigenvalue weighted by molar-refractivity contribution is 0.0696. The molecule has 6 nitrogen and oxygen atoms in total. The number of nitrogens with zero attached hydrogens (tertiary/aromatic N) is 2. The van der Waals surface area contributed by atoms with Crippen molar-refractivity contribution in [2.45, 2.75) is 38.5 Å². The van der Waals surface area contributed by atoms with E-state index in [0.29, 0.717) is 32.1 Å². The smallest absolute Gasteiger partial charge is 0.335 e. The van der Waals surface area contributed by atoms with Crippen molar-refractivity contribution in [2.75, 3.05) is 26.2 Å². The molecule has 2 heterocycles. The van der Waals surface area contributed by atoms with E-state index < -0.39 is 16.2 Å². The van der Waals surface area contributed by atoms with Gasteiger partial charge in [0, 0.05) is 26.2 Å². The van der Waals surface area contributed by atoms with Crippen molar-refractivity contribution in [3.63, 3.8) is 0 Å². The Kier molecular flexibility index (Phi) is 5.46. The first-order valence-corrected chi connectivity index (χ1v) is 10.4. The molecule has 0 aliphatic carbocycles. The Morgan fingerprint density at radius 1 is 1.12 bits per heavy atom. The molecule has 0 aromatic heterocycles. The quantitative estimate of drug-likeness (QED) is 0.888. The molecule has 0 saturated carbocycles. The highest BCUT2D eigenvalue weighted by molar-refractivity contribution is 7.86. The maximum absolute atomic E-state index is 13.0. The molecule has 1 aromatic carbocycles. The number of rotatable bonds is 4. The third kappa shape index (κ3) is 4.04. The molecule has 2 aliphatic heterocycles. The van der Waals surface area contributed by atoms with Crippen LogP contribution < -0.4 is 0 Å². The van der Waals surface area contributed by atoms with Gasteiger partial charge in [0.1, 0.15) is 0 Å². The summed E-state index contributed by atoms with van der Waals surface area (Å²) in [6, 6.07) is 6.87. The number of piperidine rings is 2. The number of carboxylic acid groups (broad SMARTS) is 1. The minimum atomic E-state index is -3.43. The van der Waals surface area contributed by atoms with E-state index in [1.807, 2.05) is 6.07 Å². The highest BCUT2D eigenvalue weighted by Gasteiger charge is 2.35. The van der Waals surface area contributed by atoms with Gasteiger partial charge in [-0.3, -0.25) is 0 Å². The van der Waals surface area contributed by atoms with Crippen LogP contribution in [0.2, 0.25) is 0 Å². The molecule has 138 valence electrons. The van der Waals surface area contributed by atoms with Crippen LogP contribution in [0.25, 0.3) is 0 Å². The fourth-order valence-electron chi connectivity index (χ4n) is 3.73. The summed E-state index contributed by atoms with van der Waals surface area (Å²) in [5.41, 5.74) is 1.16. The van der Waals surface area contributed by atoms with Crippen LogP contribution in [-0.4, -0.2) is 54.3 Å². The Morgan fingerprint density at radius 3 is 2.52 bits per heavy atom. The molecule has 1 aromatic rings. The van der Waals surface area contributed by atoms with Crippen molar-refractivity contribution in [3.05, 3.63) is 35.4 Å². The van der Waals surface area contributed by atoms with Crippen LogP contribution >= 0.6 is 0 Å². The third-order valence-electron chi connectivity index (χ3n) is 5.38. The van der Waals surface area contributed by atoms with E-state index >= 15 is 0 Å². The van der Waals surface area contributed by atoms with Gasteiger partial charge in [-0.2, -0.15) is 17.0 Å². The molecule has 1 atom stereocenters. The molecule has 3 rings (SSSR count). The van der Waals surface area contributed by atoms with E-state index in [-0.39, 0.29) is 11.5 Å². The zero-order chi connectivity index (χ0) is 18.0. The van der Waals surface area contributed by atoms with Crippen molar-refractivity contribution in [1.82, 2.24) is 8.61 Å². The largest absolute Gasteiger partial charge is 0.478 e. The molecule has 1 N–H and O–H groups in total. The average Bonchev–Trinajstić information content (AvgIpc) is 2.62. The summed E-state index contributed by atoms with van der Waals surface area (Å²) in [4.78, 5) is 11.2. The van der Waals surface area contributed by atoms with Crippen molar-refractivity contribution < 1.29 is 18.3 Å². The second-order valence-electron chi connectivity index (χ2n) is 7.22. The Morgan fingerprint density at radius 2 is 1.84 bits per heavy atom. The third-order valence-corrected chi connectivity index (χ3v) is 7.39. The maximum Gasteiger partial charge on any atom is 0.335 e. The summed E-state index contributed by atoms with van der Waals surface area (Å²) < 4.78 is 29.1. The van der Waals surface area contributed by atoms with E-state index in [4.69, 9.17) is 5.11 Å². The molecule has 0 spiro atoms. The van der Waals surface area contributed by atoms with E-state index in [0.717, 1.165) is 31.2 Å². The normalized spacial score (nSPS) is 24.3. The Labute approximate surface area is 149 Å². The van der Waals surface area contributed by atoms with Gasteiger partial charge in [-0.1, -0.05) is 19.1 Å². The van der Waals surface area contributed by atoms with Crippen LogP contribution in [0.15, 0.2) is 24.3 Å². The number of aromatic carboxylic acids is 1. The molecular formula is C18H26N2O4S. The van der Waals surface area contributed by atoms with Gasteiger partial charge in [0.2, 0.25) is 0 Å². The highest BCUT2D eigenvalue weighted by Crippen LogP contribution is 2.30. The number of hydrogen-bond acceptors (Lipinski definition) is 3. The second kappa shape index (κ2) is 7.43. The zero-order valence-electron chi connectivity index (χ0n) is 14.6. The van der Waals surface area contributed by atoms with Gasteiger partial charge in [-0.25, -0.2) is 4.79 Å². The maximum atomic E-state index is 13.0. The van der Waals surface area contributed by atoms with Crippen LogP contribution in [0.3, 0.4) is 0 Å². The summed E-state index contributed by atoms with van der Waals surface area (Å²) >= 11 is 0. The van der Waals surface area contributed by atoms with Gasteiger partial charge in [0.25, 0.3) is 10.2 Å². The van der Waals surface area contributed by atoms with Crippen LogP contribution in [0.5, 0.6) is 0 Å². The molecule has 0 amide bonds. The van der Waals surface area contributed by atoms with Crippen molar-refractivity contribution in [3.8, 4) is 0 Å². The fourth-order valence-corrected chi connectivity index (χ4v) is 5.46. The molecular weight excluding hydrogens is 340 g/mol. The highest BCUT2D eigenvalue weighted by atomic mass is 32.2. The number of benzene rings is 1. The first kappa shape index (κ1) is 18.4. The number of carbonyl (C=O) groups is 1. The van der Waals surface area contributed by atoms with Crippen LogP contribution in [0.4, 0.5) is 0 Å². The molecule has 7 heteroatoms. The van der Waals surface area contributed by atoms with E-state index in [1.54, 1.807) is 26.8 Å².